The van der Waals surface area contributed by atoms with E-state index in [2.05, 4.69) is 123 Å². The van der Waals surface area contributed by atoms with Crippen LogP contribution in [-0.4, -0.2) is 74.9 Å². The zero-order chi connectivity index (χ0) is 54.9. The highest BCUT2D eigenvalue weighted by atomic mass is 31.2. The molecular formula is C65H113NO8P+. The van der Waals surface area contributed by atoms with Crippen molar-refractivity contribution in [1.82, 2.24) is 0 Å². The molecule has 0 aromatic carbocycles. The van der Waals surface area contributed by atoms with E-state index in [1.54, 1.807) is 0 Å². The Balaban J connectivity index is 4.11. The van der Waals surface area contributed by atoms with Crippen molar-refractivity contribution in [1.29, 1.82) is 0 Å². The van der Waals surface area contributed by atoms with Gasteiger partial charge >= 0.3 is 19.8 Å². The van der Waals surface area contributed by atoms with E-state index in [1.165, 1.54) is 96.3 Å². The molecule has 0 aliphatic heterocycles. The molecule has 0 spiro atoms. The smallest absolute Gasteiger partial charge is 0.462 e. The normalized spacial score (nSPS) is 14.1. The molecule has 430 valence electrons. The highest BCUT2D eigenvalue weighted by Gasteiger charge is 2.27. The molecule has 0 rings (SSSR count). The first-order chi connectivity index (χ1) is 36.5. The van der Waals surface area contributed by atoms with E-state index in [0.717, 1.165) is 109 Å². The van der Waals surface area contributed by atoms with E-state index >= 15 is 0 Å². The molecule has 2 atom stereocenters. The van der Waals surface area contributed by atoms with Crippen molar-refractivity contribution in [2.75, 3.05) is 47.5 Å². The fourth-order valence-corrected chi connectivity index (χ4v) is 8.65. The lowest BCUT2D eigenvalue weighted by molar-refractivity contribution is -0.870. The first-order valence-electron chi connectivity index (χ1n) is 30.1. The molecule has 0 heterocycles. The predicted molar refractivity (Wildman–Crippen MR) is 321 cm³/mol. The molecule has 2 unspecified atom stereocenters. The fourth-order valence-electron chi connectivity index (χ4n) is 7.91. The summed E-state index contributed by atoms with van der Waals surface area (Å²) in [5.41, 5.74) is 0. The minimum Gasteiger partial charge on any atom is -0.462 e. The average molecular weight is 1070 g/mol. The van der Waals surface area contributed by atoms with Crippen LogP contribution in [0.25, 0.3) is 0 Å². The fraction of sp³-hybridized carbons (Fsp3) is 0.692. The number of ether oxygens (including phenoxy) is 2. The number of carbonyl (C=O) groups excluding carboxylic acids is 2. The van der Waals surface area contributed by atoms with Crippen molar-refractivity contribution >= 4 is 19.8 Å². The number of unbranched alkanes of at least 4 members (excludes halogenated alkanes) is 22. The molecule has 0 bridgehead atoms. The summed E-state index contributed by atoms with van der Waals surface area (Å²) in [6.45, 7) is 4.28. The second kappa shape index (κ2) is 55.4. The van der Waals surface area contributed by atoms with Crippen molar-refractivity contribution in [3.63, 3.8) is 0 Å². The third-order valence-electron chi connectivity index (χ3n) is 12.5. The quantitative estimate of drug-likeness (QED) is 0.0211. The third-order valence-corrected chi connectivity index (χ3v) is 13.5. The summed E-state index contributed by atoms with van der Waals surface area (Å²) in [4.78, 5) is 35.7. The molecule has 10 heteroatoms. The van der Waals surface area contributed by atoms with Crippen LogP contribution in [0.5, 0.6) is 0 Å². The minimum atomic E-state index is -4.39. The summed E-state index contributed by atoms with van der Waals surface area (Å²) in [7, 11) is 1.46. The van der Waals surface area contributed by atoms with Gasteiger partial charge in [-0.15, -0.1) is 0 Å². The number of likely N-dealkylation sites (N-methyl/N-ethyl adjacent to an activating group) is 1. The highest BCUT2D eigenvalue weighted by Crippen LogP contribution is 2.43. The van der Waals surface area contributed by atoms with Gasteiger partial charge < -0.3 is 18.9 Å². The summed E-state index contributed by atoms with van der Waals surface area (Å²) in [6, 6.07) is 0. The average Bonchev–Trinajstić information content (AvgIpc) is 3.37. The van der Waals surface area contributed by atoms with Gasteiger partial charge in [0.2, 0.25) is 0 Å². The Bertz CT molecular complexity index is 1630. The zero-order valence-corrected chi connectivity index (χ0v) is 49.6. The van der Waals surface area contributed by atoms with Gasteiger partial charge in [-0.1, -0.05) is 232 Å². The van der Waals surface area contributed by atoms with Gasteiger partial charge in [0.15, 0.2) is 6.10 Å². The summed E-state index contributed by atoms with van der Waals surface area (Å²) in [6.07, 6.45) is 77.3. The van der Waals surface area contributed by atoms with Crippen LogP contribution in [0.3, 0.4) is 0 Å². The Morgan fingerprint density at radius 2 is 0.760 bits per heavy atom. The van der Waals surface area contributed by atoms with Crippen molar-refractivity contribution in [2.45, 2.75) is 245 Å². The number of esters is 2. The lowest BCUT2D eigenvalue weighted by atomic mass is 10.0. The number of hydrogen-bond donors (Lipinski definition) is 1. The largest absolute Gasteiger partial charge is 0.472 e. The van der Waals surface area contributed by atoms with Crippen LogP contribution in [0.15, 0.2) is 109 Å². The number of phosphoric ester groups is 1. The van der Waals surface area contributed by atoms with Gasteiger partial charge in [-0.05, 0) is 103 Å². The standard InChI is InChI=1S/C65H112NO8P/c1-6-8-10-12-14-16-18-20-22-24-25-26-27-28-29-30-31-32-33-34-35-36-37-38-39-40-41-42-44-46-48-50-52-54-56-58-65(68)74-63(62-73-75(69,70)72-60-59-66(3,4)5)61-71-64(67)57-55-53-51-49-47-45-43-23-21-19-17-15-13-11-9-7-2/h8,10,14,16-17,19-20,22-23,25-26,28-29,31-32,34-35,43,63H,6-7,9,11-13,15,18,21,24,27,30,33,36-42,44-62H2,1-5H3/p+1/b10-8-,16-14-,19-17-,22-20-,26-25-,29-28-,32-31-,35-34-,43-23-. The van der Waals surface area contributed by atoms with Crippen molar-refractivity contribution in [2.24, 2.45) is 0 Å². The minimum absolute atomic E-state index is 0.0249. The lowest BCUT2D eigenvalue weighted by Gasteiger charge is -2.24. The van der Waals surface area contributed by atoms with Gasteiger partial charge in [-0.2, -0.15) is 0 Å². The summed E-state index contributed by atoms with van der Waals surface area (Å²) < 4.78 is 34.5. The highest BCUT2D eigenvalue weighted by molar-refractivity contribution is 7.47. The molecule has 0 amide bonds. The van der Waals surface area contributed by atoms with Gasteiger partial charge in [-0.25, -0.2) is 4.57 Å². The van der Waals surface area contributed by atoms with E-state index in [9.17, 15) is 19.0 Å². The number of carbonyl (C=O) groups is 2. The van der Waals surface area contributed by atoms with Crippen molar-refractivity contribution in [3.05, 3.63) is 109 Å². The van der Waals surface area contributed by atoms with Gasteiger partial charge in [0, 0.05) is 12.8 Å². The topological polar surface area (TPSA) is 108 Å². The Kier molecular flexibility index (Phi) is 53.0. The summed E-state index contributed by atoms with van der Waals surface area (Å²) >= 11 is 0. The Morgan fingerprint density at radius 3 is 1.13 bits per heavy atom. The molecule has 0 aliphatic carbocycles. The second-order valence-corrected chi connectivity index (χ2v) is 22.5. The Morgan fingerprint density at radius 1 is 0.427 bits per heavy atom. The Labute approximate surface area is 461 Å². The van der Waals surface area contributed by atoms with E-state index in [0.29, 0.717) is 17.4 Å². The molecule has 1 N–H and O–H groups in total. The summed E-state index contributed by atoms with van der Waals surface area (Å²) in [5, 5.41) is 0. The van der Waals surface area contributed by atoms with Crippen molar-refractivity contribution < 1.29 is 42.1 Å². The van der Waals surface area contributed by atoms with Crippen LogP contribution in [0, 0.1) is 0 Å². The molecule has 0 radical (unpaired) electrons. The van der Waals surface area contributed by atoms with Crippen molar-refractivity contribution in [3.8, 4) is 0 Å². The number of allylic oxidation sites excluding steroid dienone is 18. The van der Waals surface area contributed by atoms with E-state index in [-0.39, 0.29) is 32.0 Å². The molecule has 0 aliphatic rings. The maximum absolute atomic E-state index is 12.8. The van der Waals surface area contributed by atoms with E-state index in [4.69, 9.17) is 18.5 Å². The lowest BCUT2D eigenvalue weighted by Crippen LogP contribution is -2.37. The SMILES string of the molecule is CC/C=C\C/C=C\C/C=C\C/C=C\C/C=C\C/C=C\C/C=C\CCCCCCCCCCCCCCCC(=O)OC(COC(=O)CCCCCCC/C=C\C/C=C\CCCCCC)COP(=O)(O)OCC[N+](C)(C)C. The molecule has 0 fully saturated rings. The van der Waals surface area contributed by atoms with Crippen LogP contribution in [0.1, 0.15) is 239 Å². The predicted octanol–water partition coefficient (Wildman–Crippen LogP) is 19.0. The molecule has 0 aromatic rings. The van der Waals surface area contributed by atoms with Crippen LogP contribution >= 0.6 is 7.82 Å². The third kappa shape index (κ3) is 59.8. The van der Waals surface area contributed by atoms with Gasteiger partial charge in [0.05, 0.1) is 27.7 Å². The zero-order valence-electron chi connectivity index (χ0n) is 48.7. The van der Waals surface area contributed by atoms with Crippen LogP contribution in [-0.2, 0) is 32.7 Å². The molecule has 9 nitrogen and oxygen atoms in total. The second-order valence-electron chi connectivity index (χ2n) is 21.0. The number of hydrogen-bond acceptors (Lipinski definition) is 7. The maximum atomic E-state index is 12.8. The molecule has 0 aromatic heterocycles. The van der Waals surface area contributed by atoms with Crippen LogP contribution < -0.4 is 0 Å². The summed E-state index contributed by atoms with van der Waals surface area (Å²) in [5.74, 6) is -0.817. The maximum Gasteiger partial charge on any atom is 0.472 e. The monoisotopic (exact) mass is 1070 g/mol. The van der Waals surface area contributed by atoms with E-state index in [1.807, 2.05) is 21.1 Å². The van der Waals surface area contributed by atoms with Crippen LogP contribution in [0.4, 0.5) is 0 Å². The van der Waals surface area contributed by atoms with Gasteiger partial charge in [-0.3, -0.25) is 18.6 Å². The molecule has 75 heavy (non-hydrogen) atoms. The van der Waals surface area contributed by atoms with Gasteiger partial charge in [0.25, 0.3) is 0 Å². The molecule has 0 saturated heterocycles. The van der Waals surface area contributed by atoms with Crippen LogP contribution in [0.2, 0.25) is 0 Å². The first-order valence-corrected chi connectivity index (χ1v) is 31.6. The first kappa shape index (κ1) is 71.7. The number of phosphoric acid groups is 1. The number of nitrogens with zero attached hydrogens (tertiary/aromatic N) is 1. The Hall–Kier alpha value is -3.33. The molecular weight excluding hydrogens is 954 g/mol. The van der Waals surface area contributed by atoms with E-state index < -0.39 is 26.5 Å². The molecule has 0 saturated carbocycles. The number of rotatable bonds is 54. The number of quaternary nitrogens is 1. The van der Waals surface area contributed by atoms with Gasteiger partial charge in [0.1, 0.15) is 19.8 Å².